The maximum Gasteiger partial charge on any atom is 0.240 e. The minimum Gasteiger partial charge on any atom is -0.313 e. The molecule has 18 heavy (non-hydrogen) atoms. The summed E-state index contributed by atoms with van der Waals surface area (Å²) >= 11 is 5.74. The summed E-state index contributed by atoms with van der Waals surface area (Å²) in [7, 11) is -3.43. The molecule has 1 unspecified atom stereocenters. The molecule has 0 radical (unpaired) electrons. The first-order chi connectivity index (χ1) is 8.58. The van der Waals surface area contributed by atoms with Gasteiger partial charge in [-0.2, -0.15) is 0 Å². The minimum atomic E-state index is -3.43. The lowest BCUT2D eigenvalue weighted by molar-refractivity contribution is 0.398. The fraction of sp³-hybridized carbons (Fsp3) is 0.500. The van der Waals surface area contributed by atoms with E-state index in [1.807, 2.05) is 0 Å². The predicted octanol–water partition coefficient (Wildman–Crippen LogP) is 1.76. The standard InChI is InChI=1S/C12H17ClN2O2S/c13-10-4-6-12(7-5-10)18(16,17)15-9-11-3-1-2-8-14-11/h4-7,11,14-15H,1-3,8-9H2. The average molecular weight is 289 g/mol. The van der Waals surface area contributed by atoms with Gasteiger partial charge in [-0.25, -0.2) is 13.1 Å². The predicted molar refractivity (Wildman–Crippen MR) is 72.3 cm³/mol. The van der Waals surface area contributed by atoms with E-state index in [-0.39, 0.29) is 10.9 Å². The van der Waals surface area contributed by atoms with Gasteiger partial charge in [-0.3, -0.25) is 0 Å². The van der Waals surface area contributed by atoms with Gasteiger partial charge in [-0.15, -0.1) is 0 Å². The summed E-state index contributed by atoms with van der Waals surface area (Å²) in [6.45, 7) is 1.40. The Labute approximate surface area is 113 Å². The fourth-order valence-electron chi connectivity index (χ4n) is 2.01. The third-order valence-corrected chi connectivity index (χ3v) is 4.75. The van der Waals surface area contributed by atoms with Gasteiger partial charge in [-0.1, -0.05) is 18.0 Å². The van der Waals surface area contributed by atoms with Crippen molar-refractivity contribution >= 4 is 21.6 Å². The second kappa shape index (κ2) is 6.02. The van der Waals surface area contributed by atoms with Gasteiger partial charge < -0.3 is 5.32 Å². The molecule has 0 saturated carbocycles. The molecule has 0 spiro atoms. The van der Waals surface area contributed by atoms with E-state index in [0.29, 0.717) is 11.6 Å². The summed E-state index contributed by atoms with van der Waals surface area (Å²) in [5, 5.41) is 3.83. The highest BCUT2D eigenvalue weighted by molar-refractivity contribution is 7.89. The van der Waals surface area contributed by atoms with Crippen molar-refractivity contribution in [2.45, 2.75) is 30.2 Å². The van der Waals surface area contributed by atoms with Crippen molar-refractivity contribution in [1.82, 2.24) is 10.0 Å². The van der Waals surface area contributed by atoms with Crippen LogP contribution in [0.25, 0.3) is 0 Å². The van der Waals surface area contributed by atoms with Gasteiger partial charge in [0.2, 0.25) is 10.0 Å². The summed E-state index contributed by atoms with van der Waals surface area (Å²) in [6.07, 6.45) is 3.34. The largest absolute Gasteiger partial charge is 0.313 e. The summed E-state index contributed by atoms with van der Waals surface area (Å²) < 4.78 is 26.6. The highest BCUT2D eigenvalue weighted by Crippen LogP contribution is 2.14. The second-order valence-corrected chi connectivity index (χ2v) is 6.66. The lowest BCUT2D eigenvalue weighted by atomic mass is 10.1. The van der Waals surface area contributed by atoms with Crippen molar-refractivity contribution in [3.63, 3.8) is 0 Å². The molecule has 0 bridgehead atoms. The van der Waals surface area contributed by atoms with Crippen LogP contribution in [0.2, 0.25) is 5.02 Å². The summed E-state index contributed by atoms with van der Waals surface area (Å²) in [6, 6.07) is 6.42. The van der Waals surface area contributed by atoms with Crippen molar-refractivity contribution in [3.05, 3.63) is 29.3 Å². The van der Waals surface area contributed by atoms with Crippen LogP contribution < -0.4 is 10.0 Å². The number of piperidine rings is 1. The van der Waals surface area contributed by atoms with Crippen LogP contribution in [0.1, 0.15) is 19.3 Å². The van der Waals surface area contributed by atoms with E-state index in [0.717, 1.165) is 19.4 Å². The summed E-state index contributed by atoms with van der Waals surface area (Å²) in [5.41, 5.74) is 0. The molecule has 1 saturated heterocycles. The Morgan fingerprint density at radius 3 is 2.61 bits per heavy atom. The molecule has 2 rings (SSSR count). The van der Waals surface area contributed by atoms with E-state index in [2.05, 4.69) is 10.0 Å². The Morgan fingerprint density at radius 2 is 2.00 bits per heavy atom. The van der Waals surface area contributed by atoms with E-state index in [9.17, 15) is 8.42 Å². The van der Waals surface area contributed by atoms with Gasteiger partial charge in [0.25, 0.3) is 0 Å². The maximum absolute atomic E-state index is 12.0. The van der Waals surface area contributed by atoms with E-state index in [1.54, 1.807) is 12.1 Å². The van der Waals surface area contributed by atoms with E-state index >= 15 is 0 Å². The number of sulfonamides is 1. The number of hydrogen-bond donors (Lipinski definition) is 2. The number of halogens is 1. The topological polar surface area (TPSA) is 58.2 Å². The normalized spacial score (nSPS) is 20.8. The molecule has 0 amide bonds. The van der Waals surface area contributed by atoms with Crippen molar-refractivity contribution in [3.8, 4) is 0 Å². The monoisotopic (exact) mass is 288 g/mol. The van der Waals surface area contributed by atoms with Crippen LogP contribution in [0.5, 0.6) is 0 Å². The number of benzene rings is 1. The van der Waals surface area contributed by atoms with Crippen LogP contribution in [0.3, 0.4) is 0 Å². The van der Waals surface area contributed by atoms with Gasteiger partial charge >= 0.3 is 0 Å². The third-order valence-electron chi connectivity index (χ3n) is 3.06. The second-order valence-electron chi connectivity index (χ2n) is 4.45. The number of nitrogens with one attached hydrogen (secondary N) is 2. The zero-order chi connectivity index (χ0) is 13.0. The molecule has 1 heterocycles. The average Bonchev–Trinajstić information content (AvgIpc) is 2.38. The Kier molecular flexibility index (Phi) is 4.61. The molecule has 4 nitrogen and oxygen atoms in total. The molecule has 100 valence electrons. The van der Waals surface area contributed by atoms with E-state index in [4.69, 9.17) is 11.6 Å². The molecule has 0 aliphatic carbocycles. The highest BCUT2D eigenvalue weighted by atomic mass is 35.5. The lowest BCUT2D eigenvalue weighted by Crippen LogP contribution is -2.43. The van der Waals surface area contributed by atoms with Crippen LogP contribution >= 0.6 is 11.6 Å². The van der Waals surface area contributed by atoms with Crippen LogP contribution in [-0.4, -0.2) is 27.5 Å². The Hall–Kier alpha value is -0.620. The molecule has 2 N–H and O–H groups in total. The Morgan fingerprint density at radius 1 is 1.28 bits per heavy atom. The van der Waals surface area contributed by atoms with Gasteiger partial charge in [-0.05, 0) is 43.7 Å². The summed E-state index contributed by atoms with van der Waals surface area (Å²) in [4.78, 5) is 0.253. The smallest absolute Gasteiger partial charge is 0.240 e. The number of hydrogen-bond acceptors (Lipinski definition) is 3. The van der Waals surface area contributed by atoms with Crippen LogP contribution in [0.4, 0.5) is 0 Å². The minimum absolute atomic E-state index is 0.237. The fourth-order valence-corrected chi connectivity index (χ4v) is 3.21. The van der Waals surface area contributed by atoms with Crippen molar-refractivity contribution in [1.29, 1.82) is 0 Å². The molecule has 6 heteroatoms. The molecule has 1 aliphatic rings. The van der Waals surface area contributed by atoms with Gasteiger partial charge in [0, 0.05) is 17.6 Å². The quantitative estimate of drug-likeness (QED) is 0.888. The molecule has 1 atom stereocenters. The summed E-state index contributed by atoms with van der Waals surface area (Å²) in [5.74, 6) is 0. The van der Waals surface area contributed by atoms with Crippen molar-refractivity contribution in [2.75, 3.05) is 13.1 Å². The molecule has 1 aromatic carbocycles. The first kappa shape index (κ1) is 13.8. The molecule has 0 aromatic heterocycles. The highest BCUT2D eigenvalue weighted by Gasteiger charge is 2.18. The molecule has 1 aromatic rings. The van der Waals surface area contributed by atoms with Crippen LogP contribution in [-0.2, 0) is 10.0 Å². The van der Waals surface area contributed by atoms with Gasteiger partial charge in [0.05, 0.1) is 4.90 Å². The van der Waals surface area contributed by atoms with Gasteiger partial charge in [0.15, 0.2) is 0 Å². The van der Waals surface area contributed by atoms with Gasteiger partial charge in [0.1, 0.15) is 0 Å². The number of rotatable bonds is 4. The van der Waals surface area contributed by atoms with Crippen molar-refractivity contribution in [2.24, 2.45) is 0 Å². The molecular weight excluding hydrogens is 272 g/mol. The first-order valence-electron chi connectivity index (χ1n) is 6.06. The van der Waals surface area contributed by atoms with E-state index in [1.165, 1.54) is 18.6 Å². The molecular formula is C12H17ClN2O2S. The third kappa shape index (κ3) is 3.68. The SMILES string of the molecule is O=S(=O)(NCC1CCCCN1)c1ccc(Cl)cc1. The molecule has 1 aliphatic heterocycles. The van der Waals surface area contributed by atoms with E-state index < -0.39 is 10.0 Å². The Balaban J connectivity index is 1.96. The maximum atomic E-state index is 12.0. The van der Waals surface area contributed by atoms with Crippen molar-refractivity contribution < 1.29 is 8.42 Å². The molecule has 1 fully saturated rings. The van der Waals surface area contributed by atoms with Crippen LogP contribution in [0, 0.1) is 0 Å². The Bertz CT molecular complexity index is 481. The first-order valence-corrected chi connectivity index (χ1v) is 7.93. The zero-order valence-electron chi connectivity index (χ0n) is 10.0. The van der Waals surface area contributed by atoms with Crippen LogP contribution in [0.15, 0.2) is 29.2 Å². The lowest BCUT2D eigenvalue weighted by Gasteiger charge is -2.23. The zero-order valence-corrected chi connectivity index (χ0v) is 11.6.